The van der Waals surface area contributed by atoms with Gasteiger partial charge in [0.1, 0.15) is 0 Å². The summed E-state index contributed by atoms with van der Waals surface area (Å²) in [6.45, 7) is 5.05. The van der Waals surface area contributed by atoms with Crippen molar-refractivity contribution in [1.29, 1.82) is 0 Å². The van der Waals surface area contributed by atoms with Crippen LogP contribution in [0.3, 0.4) is 0 Å². The van der Waals surface area contributed by atoms with Crippen molar-refractivity contribution in [2.45, 2.75) is 38.8 Å². The van der Waals surface area contributed by atoms with Crippen LogP contribution in [-0.4, -0.2) is 41.1 Å². The van der Waals surface area contributed by atoms with Crippen LogP contribution in [-0.2, 0) is 4.79 Å². The van der Waals surface area contributed by atoms with Crippen LogP contribution in [0.15, 0.2) is 0 Å². The van der Waals surface area contributed by atoms with E-state index in [-0.39, 0.29) is 18.1 Å². The number of rotatable bonds is 2. The van der Waals surface area contributed by atoms with Crippen LogP contribution in [0.2, 0.25) is 0 Å². The Morgan fingerprint density at radius 1 is 1.71 bits per heavy atom. The molecule has 3 atom stereocenters. The summed E-state index contributed by atoms with van der Waals surface area (Å²) in [4.78, 5) is 13.3. The molecular formula is C10H20N2O2. The number of hydrogen-bond donors (Lipinski definition) is 2. The molecule has 0 spiro atoms. The SMILES string of the molecule is CC(N)CC(=O)N1CCC(C)C(O)C1. The first-order valence-corrected chi connectivity index (χ1v) is 5.22. The molecule has 1 heterocycles. The number of hydrogen-bond acceptors (Lipinski definition) is 3. The molecule has 3 unspecified atom stereocenters. The third kappa shape index (κ3) is 2.96. The predicted octanol–water partition coefficient (Wildman–Crippen LogP) is -0.0470. The van der Waals surface area contributed by atoms with Gasteiger partial charge >= 0.3 is 0 Å². The molecule has 1 fully saturated rings. The minimum atomic E-state index is -0.374. The first kappa shape index (κ1) is 11.5. The summed E-state index contributed by atoms with van der Waals surface area (Å²) < 4.78 is 0. The van der Waals surface area contributed by atoms with E-state index in [0.717, 1.165) is 13.0 Å². The Morgan fingerprint density at radius 2 is 2.36 bits per heavy atom. The van der Waals surface area contributed by atoms with E-state index >= 15 is 0 Å². The van der Waals surface area contributed by atoms with E-state index in [9.17, 15) is 9.90 Å². The Balaban J connectivity index is 2.42. The van der Waals surface area contributed by atoms with Crippen LogP contribution in [0.5, 0.6) is 0 Å². The maximum atomic E-state index is 11.6. The molecule has 0 bridgehead atoms. The van der Waals surface area contributed by atoms with Crippen LogP contribution in [0.4, 0.5) is 0 Å². The van der Waals surface area contributed by atoms with Gasteiger partial charge in [-0.1, -0.05) is 6.92 Å². The normalized spacial score (nSPS) is 30.1. The van der Waals surface area contributed by atoms with Gasteiger partial charge in [0.2, 0.25) is 5.91 Å². The lowest BCUT2D eigenvalue weighted by Gasteiger charge is -2.34. The van der Waals surface area contributed by atoms with E-state index in [1.54, 1.807) is 4.90 Å². The number of carbonyl (C=O) groups is 1. The third-order valence-corrected chi connectivity index (χ3v) is 2.77. The lowest BCUT2D eigenvalue weighted by Crippen LogP contribution is -2.46. The summed E-state index contributed by atoms with van der Waals surface area (Å²) in [5.41, 5.74) is 5.55. The Bertz CT molecular complexity index is 206. The highest BCUT2D eigenvalue weighted by Crippen LogP contribution is 2.17. The molecule has 0 aromatic carbocycles. The second-order valence-electron chi connectivity index (χ2n) is 4.35. The fourth-order valence-electron chi connectivity index (χ4n) is 1.68. The Hall–Kier alpha value is -0.610. The van der Waals surface area contributed by atoms with E-state index in [1.165, 1.54) is 0 Å². The summed E-state index contributed by atoms with van der Waals surface area (Å²) in [6, 6.07) is -0.0982. The van der Waals surface area contributed by atoms with E-state index < -0.39 is 0 Å². The van der Waals surface area contributed by atoms with Gasteiger partial charge in [-0.3, -0.25) is 4.79 Å². The van der Waals surface area contributed by atoms with Gasteiger partial charge in [-0.15, -0.1) is 0 Å². The van der Waals surface area contributed by atoms with Crippen molar-refractivity contribution in [2.75, 3.05) is 13.1 Å². The standard InChI is InChI=1S/C10H20N2O2/c1-7-3-4-12(6-9(7)13)10(14)5-8(2)11/h7-9,13H,3-6,11H2,1-2H3. The number of carbonyl (C=O) groups excluding carboxylic acids is 1. The van der Waals surface area contributed by atoms with E-state index in [2.05, 4.69) is 0 Å². The molecule has 0 aromatic rings. The molecule has 0 aromatic heterocycles. The lowest BCUT2D eigenvalue weighted by atomic mass is 9.96. The number of likely N-dealkylation sites (tertiary alicyclic amines) is 1. The molecular weight excluding hydrogens is 180 g/mol. The first-order valence-electron chi connectivity index (χ1n) is 5.22. The monoisotopic (exact) mass is 200 g/mol. The molecule has 1 saturated heterocycles. The first-order chi connectivity index (χ1) is 6.50. The summed E-state index contributed by atoms with van der Waals surface area (Å²) in [6.07, 6.45) is 0.883. The summed E-state index contributed by atoms with van der Waals surface area (Å²) in [5.74, 6) is 0.361. The van der Waals surface area contributed by atoms with Gasteiger partial charge in [-0.05, 0) is 19.3 Å². The van der Waals surface area contributed by atoms with Crippen LogP contribution >= 0.6 is 0 Å². The van der Waals surface area contributed by atoms with Crippen molar-refractivity contribution in [2.24, 2.45) is 11.7 Å². The number of piperidine rings is 1. The highest BCUT2D eigenvalue weighted by molar-refractivity contribution is 5.76. The van der Waals surface area contributed by atoms with E-state index in [4.69, 9.17) is 5.73 Å². The number of amides is 1. The zero-order chi connectivity index (χ0) is 10.7. The van der Waals surface area contributed by atoms with Crippen LogP contribution < -0.4 is 5.73 Å². The largest absolute Gasteiger partial charge is 0.391 e. The van der Waals surface area contributed by atoms with Gasteiger partial charge in [-0.25, -0.2) is 0 Å². The minimum absolute atomic E-state index is 0.0611. The van der Waals surface area contributed by atoms with Crippen molar-refractivity contribution in [3.63, 3.8) is 0 Å². The molecule has 1 rings (SSSR count). The van der Waals surface area contributed by atoms with Gasteiger partial charge in [0.25, 0.3) is 0 Å². The fourth-order valence-corrected chi connectivity index (χ4v) is 1.68. The van der Waals surface area contributed by atoms with Crippen LogP contribution in [0.25, 0.3) is 0 Å². The highest BCUT2D eigenvalue weighted by Gasteiger charge is 2.27. The second-order valence-corrected chi connectivity index (χ2v) is 4.35. The van der Waals surface area contributed by atoms with Gasteiger partial charge in [0.15, 0.2) is 0 Å². The minimum Gasteiger partial charge on any atom is -0.391 e. The number of aliphatic hydroxyl groups excluding tert-OH is 1. The Labute approximate surface area is 85.1 Å². The van der Waals surface area contributed by atoms with Crippen molar-refractivity contribution in [3.8, 4) is 0 Å². The lowest BCUT2D eigenvalue weighted by molar-refractivity contribution is -0.135. The molecule has 82 valence electrons. The summed E-state index contributed by atoms with van der Waals surface area (Å²) >= 11 is 0. The number of aliphatic hydroxyl groups is 1. The maximum Gasteiger partial charge on any atom is 0.224 e. The second kappa shape index (κ2) is 4.75. The molecule has 4 nitrogen and oxygen atoms in total. The zero-order valence-corrected chi connectivity index (χ0v) is 8.94. The molecule has 0 saturated carbocycles. The molecule has 1 amide bonds. The summed E-state index contributed by atoms with van der Waals surface area (Å²) in [5, 5.41) is 9.61. The smallest absolute Gasteiger partial charge is 0.224 e. The quantitative estimate of drug-likeness (QED) is 0.657. The van der Waals surface area contributed by atoms with Gasteiger partial charge in [0, 0.05) is 25.6 Å². The molecule has 0 aliphatic carbocycles. The van der Waals surface area contributed by atoms with E-state index in [1.807, 2.05) is 13.8 Å². The number of nitrogens with two attached hydrogens (primary N) is 1. The summed E-state index contributed by atoms with van der Waals surface area (Å²) in [7, 11) is 0. The zero-order valence-electron chi connectivity index (χ0n) is 8.94. The Morgan fingerprint density at radius 3 is 2.86 bits per heavy atom. The topological polar surface area (TPSA) is 66.6 Å². The molecule has 14 heavy (non-hydrogen) atoms. The highest BCUT2D eigenvalue weighted by atomic mass is 16.3. The van der Waals surface area contributed by atoms with Crippen molar-refractivity contribution in [1.82, 2.24) is 4.90 Å². The number of nitrogens with zero attached hydrogens (tertiary/aromatic N) is 1. The van der Waals surface area contributed by atoms with Gasteiger partial charge < -0.3 is 15.7 Å². The molecule has 0 radical (unpaired) electrons. The van der Waals surface area contributed by atoms with Crippen molar-refractivity contribution >= 4 is 5.91 Å². The van der Waals surface area contributed by atoms with Crippen LogP contribution in [0, 0.1) is 5.92 Å². The average Bonchev–Trinajstić information content (AvgIpc) is 2.08. The van der Waals surface area contributed by atoms with Crippen molar-refractivity contribution < 1.29 is 9.90 Å². The maximum absolute atomic E-state index is 11.6. The molecule has 1 aliphatic heterocycles. The third-order valence-electron chi connectivity index (χ3n) is 2.77. The molecule has 1 aliphatic rings. The van der Waals surface area contributed by atoms with E-state index in [0.29, 0.717) is 18.9 Å². The van der Waals surface area contributed by atoms with Crippen molar-refractivity contribution in [3.05, 3.63) is 0 Å². The fraction of sp³-hybridized carbons (Fsp3) is 0.900. The molecule has 4 heteroatoms. The Kier molecular flexibility index (Phi) is 3.89. The van der Waals surface area contributed by atoms with Gasteiger partial charge in [0.05, 0.1) is 6.10 Å². The van der Waals surface area contributed by atoms with Gasteiger partial charge in [-0.2, -0.15) is 0 Å². The average molecular weight is 200 g/mol. The number of β-amino-alcohol motifs (C(OH)–C–C–N with tert-alkyl or cyclic N) is 1. The molecule has 3 N–H and O–H groups in total. The predicted molar refractivity (Wildman–Crippen MR) is 54.6 cm³/mol. The van der Waals surface area contributed by atoms with Crippen LogP contribution in [0.1, 0.15) is 26.7 Å².